The van der Waals surface area contributed by atoms with E-state index in [9.17, 15) is 10.1 Å². The molecule has 2 heterocycles. The summed E-state index contributed by atoms with van der Waals surface area (Å²) in [4.78, 5) is 16.5. The van der Waals surface area contributed by atoms with E-state index in [0.717, 1.165) is 0 Å². The summed E-state index contributed by atoms with van der Waals surface area (Å²) < 4.78 is 5.60. The van der Waals surface area contributed by atoms with Crippen LogP contribution in [0.5, 0.6) is 0 Å². The lowest BCUT2D eigenvalue weighted by Gasteiger charge is -2.35. The quantitative estimate of drug-likeness (QED) is 0.469. The number of hydrogen-bond donors (Lipinski definition) is 0. The molecule has 2 rings (SSSR count). The van der Waals surface area contributed by atoms with Crippen molar-refractivity contribution in [1.29, 1.82) is 0 Å². The summed E-state index contributed by atoms with van der Waals surface area (Å²) in [5.74, 6) is 0.314. The van der Waals surface area contributed by atoms with Crippen molar-refractivity contribution in [1.82, 2.24) is 4.98 Å². The van der Waals surface area contributed by atoms with E-state index in [0.29, 0.717) is 18.9 Å². The molecule has 1 saturated heterocycles. The molecule has 1 aromatic heterocycles. The van der Waals surface area contributed by atoms with Crippen LogP contribution in [0.15, 0.2) is 12.1 Å². The first-order valence-electron chi connectivity index (χ1n) is 5.68. The van der Waals surface area contributed by atoms with Crippen molar-refractivity contribution in [2.24, 2.45) is 0 Å². The number of pyridine rings is 1. The molecule has 7 heteroatoms. The Balaban J connectivity index is 2.36. The lowest BCUT2D eigenvalue weighted by atomic mass is 10.2. The average molecular weight is 272 g/mol. The van der Waals surface area contributed by atoms with Gasteiger partial charge in [0.25, 0.3) is 0 Å². The number of anilines is 1. The Morgan fingerprint density at radius 2 is 2.06 bits per heavy atom. The smallest absolute Gasteiger partial charge is 0.311 e. The molecule has 1 aliphatic rings. The fourth-order valence-corrected chi connectivity index (χ4v) is 2.29. The lowest BCUT2D eigenvalue weighted by Crippen LogP contribution is -2.46. The Kier molecular flexibility index (Phi) is 3.68. The zero-order valence-corrected chi connectivity index (χ0v) is 10.9. The number of halogens is 1. The van der Waals surface area contributed by atoms with Crippen LogP contribution < -0.4 is 4.90 Å². The van der Waals surface area contributed by atoms with E-state index < -0.39 is 4.92 Å². The molecule has 1 fully saturated rings. The van der Waals surface area contributed by atoms with Crippen LogP contribution in [-0.4, -0.2) is 35.2 Å². The van der Waals surface area contributed by atoms with Crippen LogP contribution >= 0.6 is 11.6 Å². The first-order chi connectivity index (χ1) is 8.47. The topological polar surface area (TPSA) is 68.5 Å². The minimum Gasteiger partial charge on any atom is -0.372 e. The van der Waals surface area contributed by atoms with Crippen molar-refractivity contribution >= 4 is 23.1 Å². The highest BCUT2D eigenvalue weighted by Crippen LogP contribution is 2.29. The van der Waals surface area contributed by atoms with Gasteiger partial charge in [-0.05, 0) is 19.9 Å². The standard InChI is InChI=1S/C11H14ClN3O3/c1-7-5-14(6-8(2)18-7)11-9(15(16)17)3-4-10(12)13-11/h3-4,7-8H,5-6H2,1-2H3/t7-,8+. The van der Waals surface area contributed by atoms with E-state index in [1.807, 2.05) is 18.7 Å². The van der Waals surface area contributed by atoms with Gasteiger partial charge in [0.05, 0.1) is 17.1 Å². The normalized spacial score (nSPS) is 24.1. The SMILES string of the molecule is C[C@@H]1CN(c2nc(Cl)ccc2[N+](=O)[O-])C[C@H](C)O1. The van der Waals surface area contributed by atoms with E-state index >= 15 is 0 Å². The monoisotopic (exact) mass is 271 g/mol. The Morgan fingerprint density at radius 1 is 1.44 bits per heavy atom. The van der Waals surface area contributed by atoms with Crippen LogP contribution in [0, 0.1) is 10.1 Å². The van der Waals surface area contributed by atoms with Gasteiger partial charge in [-0.25, -0.2) is 4.98 Å². The molecule has 0 saturated carbocycles. The summed E-state index contributed by atoms with van der Waals surface area (Å²) in [6.07, 6.45) is 0.0169. The Bertz CT molecular complexity index is 459. The molecular weight excluding hydrogens is 258 g/mol. The fraction of sp³-hybridized carbons (Fsp3) is 0.545. The first kappa shape index (κ1) is 13.0. The fourth-order valence-electron chi connectivity index (χ4n) is 2.14. The highest BCUT2D eigenvalue weighted by atomic mass is 35.5. The minimum atomic E-state index is -0.441. The predicted octanol–water partition coefficient (Wildman–Crippen LogP) is 2.26. The third-order valence-electron chi connectivity index (χ3n) is 2.74. The van der Waals surface area contributed by atoms with Crippen LogP contribution in [0.4, 0.5) is 11.5 Å². The Hall–Kier alpha value is -1.40. The molecular formula is C11H14ClN3O3. The summed E-state index contributed by atoms with van der Waals surface area (Å²) in [7, 11) is 0. The molecule has 2 atom stereocenters. The number of nitrogens with zero attached hydrogens (tertiary/aromatic N) is 3. The molecule has 1 aliphatic heterocycles. The van der Waals surface area contributed by atoms with Gasteiger partial charge in [0.1, 0.15) is 5.15 Å². The summed E-state index contributed by atoms with van der Waals surface area (Å²) in [6.45, 7) is 5.00. The van der Waals surface area contributed by atoms with Crippen LogP contribution in [0.25, 0.3) is 0 Å². The lowest BCUT2D eigenvalue weighted by molar-refractivity contribution is -0.384. The van der Waals surface area contributed by atoms with Gasteiger partial charge >= 0.3 is 5.69 Å². The van der Waals surface area contributed by atoms with Crippen LogP contribution in [0.1, 0.15) is 13.8 Å². The molecule has 0 N–H and O–H groups in total. The van der Waals surface area contributed by atoms with Gasteiger partial charge in [-0.15, -0.1) is 0 Å². The van der Waals surface area contributed by atoms with E-state index in [4.69, 9.17) is 16.3 Å². The molecule has 0 unspecified atom stereocenters. The first-order valence-corrected chi connectivity index (χ1v) is 6.06. The van der Waals surface area contributed by atoms with Crippen LogP contribution in [-0.2, 0) is 4.74 Å². The summed E-state index contributed by atoms with van der Waals surface area (Å²) in [6, 6.07) is 2.81. The average Bonchev–Trinajstić information content (AvgIpc) is 2.27. The second-order valence-electron chi connectivity index (χ2n) is 4.40. The number of morpholine rings is 1. The third kappa shape index (κ3) is 2.70. The second-order valence-corrected chi connectivity index (χ2v) is 4.78. The highest BCUT2D eigenvalue weighted by molar-refractivity contribution is 6.29. The van der Waals surface area contributed by atoms with Gasteiger partial charge in [0.2, 0.25) is 5.82 Å². The van der Waals surface area contributed by atoms with E-state index in [1.165, 1.54) is 12.1 Å². The van der Waals surface area contributed by atoms with Gasteiger partial charge in [0, 0.05) is 19.2 Å². The maximum Gasteiger partial charge on any atom is 0.311 e. The molecule has 0 aliphatic carbocycles. The maximum atomic E-state index is 11.0. The van der Waals surface area contributed by atoms with Crippen molar-refractivity contribution < 1.29 is 9.66 Å². The minimum absolute atomic E-state index is 0.00846. The van der Waals surface area contributed by atoms with Gasteiger partial charge in [-0.3, -0.25) is 10.1 Å². The molecule has 98 valence electrons. The van der Waals surface area contributed by atoms with Crippen molar-refractivity contribution in [3.63, 3.8) is 0 Å². The molecule has 0 spiro atoms. The molecule has 0 aromatic carbocycles. The van der Waals surface area contributed by atoms with Crippen LogP contribution in [0.3, 0.4) is 0 Å². The molecule has 0 radical (unpaired) electrons. The zero-order valence-electron chi connectivity index (χ0n) is 10.2. The number of aromatic nitrogens is 1. The van der Waals surface area contributed by atoms with Gasteiger partial charge < -0.3 is 9.64 Å². The molecule has 0 amide bonds. The molecule has 6 nitrogen and oxygen atoms in total. The highest BCUT2D eigenvalue weighted by Gasteiger charge is 2.28. The summed E-state index contributed by atoms with van der Waals surface area (Å²) in [5.41, 5.74) is -0.0271. The predicted molar refractivity (Wildman–Crippen MR) is 68.1 cm³/mol. The zero-order chi connectivity index (χ0) is 13.3. The van der Waals surface area contributed by atoms with Crippen molar-refractivity contribution in [2.75, 3.05) is 18.0 Å². The second kappa shape index (κ2) is 5.07. The summed E-state index contributed by atoms with van der Waals surface area (Å²) in [5, 5.41) is 11.3. The number of rotatable bonds is 2. The number of nitro groups is 1. The number of hydrogen-bond acceptors (Lipinski definition) is 5. The van der Waals surface area contributed by atoms with Gasteiger partial charge in [0.15, 0.2) is 0 Å². The number of ether oxygens (including phenoxy) is 1. The van der Waals surface area contributed by atoms with E-state index in [1.54, 1.807) is 0 Å². The van der Waals surface area contributed by atoms with Crippen LogP contribution in [0.2, 0.25) is 5.15 Å². The largest absolute Gasteiger partial charge is 0.372 e. The van der Waals surface area contributed by atoms with E-state index in [2.05, 4.69) is 4.98 Å². The van der Waals surface area contributed by atoms with Crippen molar-refractivity contribution in [3.05, 3.63) is 27.4 Å². The van der Waals surface area contributed by atoms with Crippen molar-refractivity contribution in [2.45, 2.75) is 26.1 Å². The van der Waals surface area contributed by atoms with E-state index in [-0.39, 0.29) is 23.0 Å². The maximum absolute atomic E-state index is 11.0. The molecule has 0 bridgehead atoms. The van der Waals surface area contributed by atoms with Gasteiger partial charge in [-0.2, -0.15) is 0 Å². The molecule has 18 heavy (non-hydrogen) atoms. The Labute approximate surface area is 110 Å². The van der Waals surface area contributed by atoms with Crippen molar-refractivity contribution in [3.8, 4) is 0 Å². The van der Waals surface area contributed by atoms with Gasteiger partial charge in [-0.1, -0.05) is 11.6 Å². The molecule has 1 aromatic rings. The summed E-state index contributed by atoms with van der Waals surface area (Å²) >= 11 is 5.82. The Morgan fingerprint density at radius 3 is 2.61 bits per heavy atom. The third-order valence-corrected chi connectivity index (χ3v) is 2.95.